The second-order valence-corrected chi connectivity index (χ2v) is 13.2. The summed E-state index contributed by atoms with van der Waals surface area (Å²) in [5, 5.41) is 25.0. The summed E-state index contributed by atoms with van der Waals surface area (Å²) in [6, 6.07) is 3.06. The van der Waals surface area contributed by atoms with Crippen LogP contribution in [0.5, 0.6) is 0 Å². The minimum atomic E-state index is -0.736. The first kappa shape index (κ1) is 28.9. The summed E-state index contributed by atoms with van der Waals surface area (Å²) in [7, 11) is 0. The third-order valence-corrected chi connectivity index (χ3v) is 10.8. The van der Waals surface area contributed by atoms with Crippen LogP contribution in [0.3, 0.4) is 0 Å². The van der Waals surface area contributed by atoms with Gasteiger partial charge in [0, 0.05) is 67.5 Å². The summed E-state index contributed by atoms with van der Waals surface area (Å²) in [5.41, 5.74) is 0.0369. The van der Waals surface area contributed by atoms with E-state index < -0.39 is 16.9 Å². The van der Waals surface area contributed by atoms with Crippen molar-refractivity contribution in [2.45, 2.75) is 58.5 Å². The molecule has 2 fully saturated rings. The van der Waals surface area contributed by atoms with Crippen LogP contribution in [0.25, 0.3) is 0 Å². The molecule has 3 amide bonds. The zero-order valence-electron chi connectivity index (χ0n) is 23.0. The SMILES string of the molecule is CC(=O)N1CCN(C(=O)C[C@@H]2c3nc(NC(=O)c4ccnc(Cl)c4)sc3C[C@@H]3[C@](C)(CO)[C@H](O)CC[C@]32C)CC1. The van der Waals surface area contributed by atoms with Gasteiger partial charge in [-0.2, -0.15) is 0 Å². The first-order valence-corrected chi connectivity index (χ1v) is 14.9. The number of aromatic nitrogens is 2. The molecule has 3 N–H and O–H groups in total. The molecule has 2 aromatic heterocycles. The molecule has 1 saturated carbocycles. The summed E-state index contributed by atoms with van der Waals surface area (Å²) < 4.78 is 0. The lowest BCUT2D eigenvalue weighted by Gasteiger charge is -2.58. The molecule has 1 aliphatic heterocycles. The lowest BCUT2D eigenvalue weighted by atomic mass is 9.47. The Bertz CT molecular complexity index is 1310. The maximum Gasteiger partial charge on any atom is 0.257 e. The Kier molecular flexibility index (Phi) is 7.95. The molecule has 0 radical (unpaired) electrons. The van der Waals surface area contributed by atoms with Gasteiger partial charge in [0.2, 0.25) is 11.8 Å². The summed E-state index contributed by atoms with van der Waals surface area (Å²) in [5.74, 6) is -0.685. The number of carbonyl (C=O) groups is 3. The van der Waals surface area contributed by atoms with E-state index in [1.807, 2.05) is 11.8 Å². The fourth-order valence-electron chi connectivity index (χ4n) is 6.99. The molecule has 216 valence electrons. The van der Waals surface area contributed by atoms with Crippen molar-refractivity contribution >= 4 is 45.8 Å². The monoisotopic (exact) mass is 589 g/mol. The first-order chi connectivity index (χ1) is 19.0. The molecule has 0 spiro atoms. The number of hydrogen-bond acceptors (Lipinski definition) is 8. The van der Waals surface area contributed by atoms with E-state index in [1.165, 1.54) is 23.6 Å². The number of hydrogen-bond donors (Lipinski definition) is 3. The quantitative estimate of drug-likeness (QED) is 0.456. The Morgan fingerprint density at radius 1 is 1.20 bits per heavy atom. The van der Waals surface area contributed by atoms with Gasteiger partial charge in [-0.25, -0.2) is 9.97 Å². The summed E-state index contributed by atoms with van der Waals surface area (Å²) >= 11 is 7.34. The maximum atomic E-state index is 13.7. The van der Waals surface area contributed by atoms with Crippen LogP contribution < -0.4 is 5.32 Å². The Morgan fingerprint density at radius 2 is 1.90 bits per heavy atom. The van der Waals surface area contributed by atoms with Crippen LogP contribution in [-0.2, 0) is 16.0 Å². The molecule has 5 rings (SSSR count). The summed E-state index contributed by atoms with van der Waals surface area (Å²) in [4.78, 5) is 51.7. The van der Waals surface area contributed by atoms with Crippen LogP contribution in [0, 0.1) is 16.7 Å². The minimum Gasteiger partial charge on any atom is -0.396 e. The highest BCUT2D eigenvalue weighted by atomic mass is 35.5. The molecule has 2 aliphatic carbocycles. The van der Waals surface area contributed by atoms with Gasteiger partial charge in [-0.05, 0) is 42.7 Å². The van der Waals surface area contributed by atoms with Gasteiger partial charge >= 0.3 is 0 Å². The zero-order chi connectivity index (χ0) is 28.8. The minimum absolute atomic E-state index is 0.00265. The van der Waals surface area contributed by atoms with E-state index in [0.29, 0.717) is 56.1 Å². The number of nitrogens with one attached hydrogen (secondary N) is 1. The van der Waals surface area contributed by atoms with E-state index >= 15 is 0 Å². The lowest BCUT2D eigenvalue weighted by Crippen LogP contribution is -2.58. The first-order valence-electron chi connectivity index (χ1n) is 13.7. The van der Waals surface area contributed by atoms with Crippen LogP contribution >= 0.6 is 22.9 Å². The Morgan fingerprint density at radius 3 is 2.55 bits per heavy atom. The predicted molar refractivity (Wildman–Crippen MR) is 151 cm³/mol. The Labute approximate surface area is 242 Å². The second kappa shape index (κ2) is 11.0. The molecule has 12 heteroatoms. The van der Waals surface area contributed by atoms with Gasteiger partial charge in [-0.15, -0.1) is 11.3 Å². The number of amides is 3. The van der Waals surface area contributed by atoms with Crippen LogP contribution in [0.1, 0.15) is 66.9 Å². The van der Waals surface area contributed by atoms with Crippen molar-refractivity contribution in [2.24, 2.45) is 16.7 Å². The van der Waals surface area contributed by atoms with E-state index in [1.54, 1.807) is 17.9 Å². The van der Waals surface area contributed by atoms with Crippen molar-refractivity contribution in [3.63, 3.8) is 0 Å². The van der Waals surface area contributed by atoms with Gasteiger partial charge in [0.15, 0.2) is 5.13 Å². The molecule has 5 atom stereocenters. The highest BCUT2D eigenvalue weighted by Crippen LogP contribution is 2.63. The van der Waals surface area contributed by atoms with Gasteiger partial charge < -0.3 is 20.0 Å². The molecular formula is C28H36ClN5O5S. The molecule has 10 nitrogen and oxygen atoms in total. The van der Waals surface area contributed by atoms with E-state index in [9.17, 15) is 24.6 Å². The van der Waals surface area contributed by atoms with Crippen LogP contribution in [0.4, 0.5) is 5.13 Å². The zero-order valence-corrected chi connectivity index (χ0v) is 24.6. The molecule has 40 heavy (non-hydrogen) atoms. The molecule has 3 aliphatic rings. The lowest BCUT2D eigenvalue weighted by molar-refractivity contribution is -0.149. The summed E-state index contributed by atoms with van der Waals surface area (Å²) in [6.45, 7) is 7.46. The molecule has 1 saturated heterocycles. The number of piperazine rings is 1. The number of aliphatic hydroxyl groups is 2. The van der Waals surface area contributed by atoms with Crippen LogP contribution in [0.2, 0.25) is 5.15 Å². The molecular weight excluding hydrogens is 554 g/mol. The topological polar surface area (TPSA) is 136 Å². The standard InChI is InChI=1S/C28H36ClN5O5S/c1-16(36)33-8-10-34(11-9-33)23(38)13-18-24-19(14-20-27(18,2)6-4-21(37)28(20,3)15-35)40-26(31-24)32-25(39)17-5-7-30-22(29)12-17/h5,7,12,18,20-21,35,37H,4,6,8-11,13-15H2,1-3H3,(H,31,32,39)/t18-,20+,21-,27+,28+/m1/s1. The Balaban J connectivity index is 1.46. The average molecular weight is 590 g/mol. The highest BCUT2D eigenvalue weighted by Gasteiger charge is 2.59. The average Bonchev–Trinajstić information content (AvgIpc) is 3.34. The third-order valence-electron chi connectivity index (χ3n) is 9.56. The van der Waals surface area contributed by atoms with E-state index in [2.05, 4.69) is 17.2 Å². The van der Waals surface area contributed by atoms with Crippen molar-refractivity contribution in [3.8, 4) is 0 Å². The van der Waals surface area contributed by atoms with Gasteiger partial charge in [0.05, 0.1) is 18.4 Å². The Hall–Kier alpha value is -2.60. The fourth-order valence-corrected chi connectivity index (χ4v) is 8.22. The molecule has 2 aromatic rings. The highest BCUT2D eigenvalue weighted by molar-refractivity contribution is 7.15. The number of halogens is 1. The molecule has 0 bridgehead atoms. The molecule has 3 heterocycles. The van der Waals surface area contributed by atoms with Crippen molar-refractivity contribution in [3.05, 3.63) is 39.6 Å². The number of aliphatic hydroxyl groups excluding tert-OH is 2. The number of rotatable bonds is 5. The van der Waals surface area contributed by atoms with Gasteiger partial charge in [-0.1, -0.05) is 25.4 Å². The van der Waals surface area contributed by atoms with Crippen molar-refractivity contribution in [2.75, 3.05) is 38.1 Å². The van der Waals surface area contributed by atoms with Crippen molar-refractivity contribution in [1.82, 2.24) is 19.8 Å². The number of fused-ring (bicyclic) bond motifs is 2. The summed E-state index contributed by atoms with van der Waals surface area (Å²) in [6.07, 6.45) is 2.85. The van der Waals surface area contributed by atoms with Crippen LogP contribution in [0.15, 0.2) is 18.3 Å². The maximum absolute atomic E-state index is 13.7. The second-order valence-electron chi connectivity index (χ2n) is 11.8. The van der Waals surface area contributed by atoms with Gasteiger partial charge in [0.1, 0.15) is 5.15 Å². The number of carbonyl (C=O) groups excluding carboxylic acids is 3. The normalized spacial score (nSPS) is 29.9. The fraction of sp³-hybridized carbons (Fsp3) is 0.607. The largest absolute Gasteiger partial charge is 0.396 e. The number of pyridine rings is 1. The smallest absolute Gasteiger partial charge is 0.257 e. The molecule has 0 aromatic carbocycles. The number of nitrogens with zero attached hydrogens (tertiary/aromatic N) is 4. The van der Waals surface area contributed by atoms with Gasteiger partial charge in [0.25, 0.3) is 5.91 Å². The third kappa shape index (κ3) is 5.13. The number of thiazole rings is 1. The van der Waals surface area contributed by atoms with E-state index in [4.69, 9.17) is 16.6 Å². The van der Waals surface area contributed by atoms with Gasteiger partial charge in [-0.3, -0.25) is 19.7 Å². The van der Waals surface area contributed by atoms with Crippen molar-refractivity contribution < 1.29 is 24.6 Å². The van der Waals surface area contributed by atoms with Crippen LogP contribution in [-0.4, -0.2) is 86.6 Å². The van der Waals surface area contributed by atoms with Crippen molar-refractivity contribution in [1.29, 1.82) is 0 Å². The molecule has 0 unspecified atom stereocenters. The predicted octanol–water partition coefficient (Wildman–Crippen LogP) is 2.94. The number of anilines is 1. The van der Waals surface area contributed by atoms with E-state index in [0.717, 1.165) is 10.6 Å². The van der Waals surface area contributed by atoms with E-state index in [-0.39, 0.29) is 47.7 Å².